The molecule has 0 amide bonds. The van der Waals surface area contributed by atoms with Gasteiger partial charge < -0.3 is 19.9 Å². The van der Waals surface area contributed by atoms with E-state index in [4.69, 9.17) is 14.6 Å². The number of methoxy groups -OCH3 is 2. The third-order valence-corrected chi connectivity index (χ3v) is 3.39. The van der Waals surface area contributed by atoms with Gasteiger partial charge in [0.2, 0.25) is 0 Å². The predicted molar refractivity (Wildman–Crippen MR) is 110 cm³/mol. The average molecular weight is 358 g/mol. The van der Waals surface area contributed by atoms with Crippen LogP contribution in [0.3, 0.4) is 0 Å². The van der Waals surface area contributed by atoms with E-state index >= 15 is 0 Å². The number of ether oxygens (including phenoxy) is 2. The van der Waals surface area contributed by atoms with Crippen molar-refractivity contribution < 1.29 is 14.6 Å². The van der Waals surface area contributed by atoms with Crippen molar-refractivity contribution in [1.82, 2.24) is 5.32 Å². The zero-order valence-electron chi connectivity index (χ0n) is 18.0. The fourth-order valence-electron chi connectivity index (χ4n) is 1.55. The molecule has 1 rings (SSSR count). The van der Waals surface area contributed by atoms with Crippen LogP contribution in [0.4, 0.5) is 0 Å². The molecule has 1 atom stereocenters. The van der Waals surface area contributed by atoms with Gasteiger partial charge in [-0.25, -0.2) is 0 Å². The van der Waals surface area contributed by atoms with E-state index in [2.05, 4.69) is 57.3 Å². The van der Waals surface area contributed by atoms with Crippen LogP contribution in [0, 0.1) is 5.92 Å². The lowest BCUT2D eigenvalue weighted by Gasteiger charge is -2.19. The second-order valence-electron chi connectivity index (χ2n) is 5.71. The van der Waals surface area contributed by atoms with Crippen molar-refractivity contribution in [2.45, 2.75) is 73.3 Å². The first-order valence-electron chi connectivity index (χ1n) is 9.31. The number of aliphatic hydroxyl groups excluding tert-OH is 1. The van der Waals surface area contributed by atoms with Gasteiger partial charge in [0.15, 0.2) is 6.29 Å². The molecule has 0 saturated heterocycles. The van der Waals surface area contributed by atoms with Crippen molar-refractivity contribution in [1.29, 1.82) is 0 Å². The van der Waals surface area contributed by atoms with Crippen LogP contribution in [-0.2, 0) is 16.0 Å². The molecular weight excluding hydrogens is 314 g/mol. The van der Waals surface area contributed by atoms with Gasteiger partial charge in [0, 0.05) is 40.3 Å². The van der Waals surface area contributed by atoms with Gasteiger partial charge in [0.05, 0.1) is 0 Å². The molecule has 1 aromatic rings. The van der Waals surface area contributed by atoms with Crippen molar-refractivity contribution in [2.24, 2.45) is 5.92 Å². The van der Waals surface area contributed by atoms with Crippen molar-refractivity contribution in [3.8, 4) is 0 Å². The number of aliphatic hydroxyl groups is 1. The van der Waals surface area contributed by atoms with E-state index in [9.17, 15) is 0 Å². The summed E-state index contributed by atoms with van der Waals surface area (Å²) in [5, 5.41) is 10.4. The molecule has 0 radical (unpaired) electrons. The molecule has 25 heavy (non-hydrogen) atoms. The lowest BCUT2D eigenvalue weighted by Crippen LogP contribution is -2.31. The van der Waals surface area contributed by atoms with Crippen LogP contribution >= 0.6 is 0 Å². The fraction of sp³-hybridized carbons (Fsp3) is 0.714. The normalized spacial score (nSPS) is 10.7. The van der Waals surface area contributed by atoms with Crippen LogP contribution in [0.15, 0.2) is 30.3 Å². The minimum absolute atomic E-state index is 0.127. The standard InChI is InChI=1S/C13H21NO2.C5H12.C2H6.CH4O/c1-11(9-13(15-2)16-3)14-10-12-7-5-4-6-8-12;1-4-5(2)3;2*1-2/h4-8,11,13-14H,9-10H2,1-3H3;5H,4H2,1-3H3;1-2H3;2H,1H3. The van der Waals surface area contributed by atoms with E-state index in [1.54, 1.807) is 14.2 Å². The number of nitrogens with one attached hydrogen (secondary N) is 1. The lowest BCUT2D eigenvalue weighted by atomic mass is 10.2. The third-order valence-electron chi connectivity index (χ3n) is 3.39. The van der Waals surface area contributed by atoms with Crippen molar-refractivity contribution in [3.63, 3.8) is 0 Å². The molecule has 4 nitrogen and oxygen atoms in total. The molecule has 2 N–H and O–H groups in total. The molecule has 0 aromatic heterocycles. The Morgan fingerprint density at radius 1 is 0.960 bits per heavy atom. The molecular formula is C21H43NO3. The summed E-state index contributed by atoms with van der Waals surface area (Å²) in [6.45, 7) is 13.7. The highest BCUT2D eigenvalue weighted by molar-refractivity contribution is 5.14. The van der Waals surface area contributed by atoms with Crippen LogP contribution in [0.5, 0.6) is 0 Å². The highest BCUT2D eigenvalue weighted by atomic mass is 16.7. The SMILES string of the molecule is CC.CCC(C)C.CO.COC(CC(C)NCc1ccccc1)OC. The Morgan fingerprint density at radius 3 is 1.76 bits per heavy atom. The van der Waals surface area contributed by atoms with E-state index in [0.29, 0.717) is 6.04 Å². The van der Waals surface area contributed by atoms with Crippen LogP contribution in [0.1, 0.15) is 59.9 Å². The Balaban J connectivity index is -0.000000454. The van der Waals surface area contributed by atoms with E-state index in [1.807, 2.05) is 19.9 Å². The zero-order valence-corrected chi connectivity index (χ0v) is 18.0. The summed E-state index contributed by atoms with van der Waals surface area (Å²) in [4.78, 5) is 0. The molecule has 0 heterocycles. The Kier molecular flexibility index (Phi) is 26.6. The van der Waals surface area contributed by atoms with Gasteiger partial charge in [-0.2, -0.15) is 0 Å². The summed E-state index contributed by atoms with van der Waals surface area (Å²) < 4.78 is 10.3. The van der Waals surface area contributed by atoms with E-state index in [-0.39, 0.29) is 6.29 Å². The Labute approximate surface area is 156 Å². The molecule has 0 spiro atoms. The summed E-state index contributed by atoms with van der Waals surface area (Å²) in [7, 11) is 4.33. The second kappa shape index (κ2) is 23.1. The van der Waals surface area contributed by atoms with Crippen LogP contribution in [0.25, 0.3) is 0 Å². The fourth-order valence-corrected chi connectivity index (χ4v) is 1.55. The molecule has 0 saturated carbocycles. The molecule has 1 unspecified atom stereocenters. The maximum atomic E-state index is 7.00. The van der Waals surface area contributed by atoms with Gasteiger partial charge in [-0.3, -0.25) is 0 Å². The summed E-state index contributed by atoms with van der Waals surface area (Å²) >= 11 is 0. The summed E-state index contributed by atoms with van der Waals surface area (Å²) in [5.41, 5.74) is 1.29. The number of hydrogen-bond acceptors (Lipinski definition) is 4. The molecule has 0 aliphatic rings. The zero-order chi connectivity index (χ0) is 20.1. The smallest absolute Gasteiger partial charge is 0.158 e. The predicted octanol–water partition coefficient (Wildman–Crippen LogP) is 4.86. The number of rotatable bonds is 8. The minimum atomic E-state index is -0.127. The lowest BCUT2D eigenvalue weighted by molar-refractivity contribution is -0.109. The molecule has 0 bridgehead atoms. The first-order valence-corrected chi connectivity index (χ1v) is 9.31. The van der Waals surface area contributed by atoms with E-state index in [1.165, 1.54) is 12.0 Å². The van der Waals surface area contributed by atoms with Crippen LogP contribution in [-0.4, -0.2) is 38.8 Å². The first kappa shape index (κ1) is 28.8. The van der Waals surface area contributed by atoms with Gasteiger partial charge in [-0.15, -0.1) is 0 Å². The first-order chi connectivity index (χ1) is 12.0. The van der Waals surface area contributed by atoms with Gasteiger partial charge in [-0.1, -0.05) is 71.4 Å². The summed E-state index contributed by atoms with van der Waals surface area (Å²) in [5.74, 6) is 0.884. The number of hydrogen-bond donors (Lipinski definition) is 2. The van der Waals surface area contributed by atoms with Crippen LogP contribution < -0.4 is 5.32 Å². The van der Waals surface area contributed by atoms with Crippen LogP contribution in [0.2, 0.25) is 0 Å². The molecule has 4 heteroatoms. The second-order valence-corrected chi connectivity index (χ2v) is 5.71. The van der Waals surface area contributed by atoms with E-state index < -0.39 is 0 Å². The van der Waals surface area contributed by atoms with Gasteiger partial charge in [0.1, 0.15) is 0 Å². The average Bonchev–Trinajstić information content (AvgIpc) is 2.68. The maximum absolute atomic E-state index is 7.00. The van der Waals surface area contributed by atoms with E-state index in [0.717, 1.165) is 26.0 Å². The highest BCUT2D eigenvalue weighted by Gasteiger charge is 2.10. The highest BCUT2D eigenvalue weighted by Crippen LogP contribution is 2.04. The summed E-state index contributed by atoms with van der Waals surface area (Å²) in [6, 6.07) is 10.7. The monoisotopic (exact) mass is 357 g/mol. The quantitative estimate of drug-likeness (QED) is 0.652. The summed E-state index contributed by atoms with van der Waals surface area (Å²) in [6.07, 6.45) is 2.03. The Bertz CT molecular complexity index is 327. The van der Waals surface area contributed by atoms with Gasteiger partial charge in [-0.05, 0) is 18.4 Å². The third kappa shape index (κ3) is 21.0. The van der Waals surface area contributed by atoms with Gasteiger partial charge >= 0.3 is 0 Å². The van der Waals surface area contributed by atoms with Crippen molar-refractivity contribution in [2.75, 3.05) is 21.3 Å². The topological polar surface area (TPSA) is 50.7 Å². The van der Waals surface area contributed by atoms with Crippen molar-refractivity contribution >= 4 is 0 Å². The largest absolute Gasteiger partial charge is 0.400 e. The molecule has 0 fully saturated rings. The Hall–Kier alpha value is -0.940. The van der Waals surface area contributed by atoms with Crippen molar-refractivity contribution in [3.05, 3.63) is 35.9 Å². The molecule has 1 aromatic carbocycles. The minimum Gasteiger partial charge on any atom is -0.400 e. The molecule has 150 valence electrons. The maximum Gasteiger partial charge on any atom is 0.158 e. The van der Waals surface area contributed by atoms with Gasteiger partial charge in [0.25, 0.3) is 0 Å². The molecule has 0 aliphatic carbocycles. The number of benzene rings is 1. The molecule has 0 aliphatic heterocycles. The Morgan fingerprint density at radius 2 is 1.40 bits per heavy atom.